The maximum absolute atomic E-state index is 4.20. The number of hydrogen-bond acceptors (Lipinski definition) is 0. The van der Waals surface area contributed by atoms with Crippen molar-refractivity contribution in [3.63, 3.8) is 0 Å². The van der Waals surface area contributed by atoms with Crippen LogP contribution in [-0.4, -0.2) is 0 Å². The zero-order valence-electron chi connectivity index (χ0n) is 14.2. The Morgan fingerprint density at radius 3 is 2.04 bits per heavy atom. The van der Waals surface area contributed by atoms with E-state index >= 15 is 0 Å². The zero-order chi connectivity index (χ0) is 16.9. The molecule has 0 aromatic heterocycles. The van der Waals surface area contributed by atoms with Crippen molar-refractivity contribution >= 4 is 15.9 Å². The lowest BCUT2D eigenvalue weighted by Crippen LogP contribution is -2.48. The molecular formula is C24H21Br. The van der Waals surface area contributed by atoms with Gasteiger partial charge in [-0.05, 0) is 53.5 Å². The second-order valence-corrected chi connectivity index (χ2v) is 9.27. The van der Waals surface area contributed by atoms with E-state index in [-0.39, 0.29) is 9.74 Å². The Morgan fingerprint density at radius 2 is 1.28 bits per heavy atom. The first-order valence-corrected chi connectivity index (χ1v) is 9.88. The average molecular weight is 389 g/mol. The molecule has 25 heavy (non-hydrogen) atoms. The molecular weight excluding hydrogens is 368 g/mol. The van der Waals surface area contributed by atoms with Gasteiger partial charge in [-0.1, -0.05) is 94.8 Å². The molecule has 0 unspecified atom stereocenters. The first-order chi connectivity index (χ1) is 12.2. The van der Waals surface area contributed by atoms with Crippen LogP contribution in [0.15, 0.2) is 78.9 Å². The van der Waals surface area contributed by atoms with E-state index in [1.165, 1.54) is 28.7 Å². The zero-order valence-corrected chi connectivity index (χ0v) is 15.8. The van der Waals surface area contributed by atoms with Gasteiger partial charge in [0.25, 0.3) is 0 Å². The largest absolute Gasteiger partial charge is 0.0797 e. The van der Waals surface area contributed by atoms with Crippen molar-refractivity contribution in [2.45, 2.75) is 35.4 Å². The second kappa shape index (κ2) is 5.57. The molecule has 2 bridgehead atoms. The van der Waals surface area contributed by atoms with Crippen LogP contribution in [0.5, 0.6) is 0 Å². The van der Waals surface area contributed by atoms with Crippen molar-refractivity contribution < 1.29 is 0 Å². The summed E-state index contributed by atoms with van der Waals surface area (Å²) in [5, 5.41) is 0. The van der Waals surface area contributed by atoms with Crippen LogP contribution >= 0.6 is 15.9 Å². The van der Waals surface area contributed by atoms with Gasteiger partial charge in [0.2, 0.25) is 0 Å². The van der Waals surface area contributed by atoms with Gasteiger partial charge in [0.15, 0.2) is 0 Å². The van der Waals surface area contributed by atoms with Gasteiger partial charge in [-0.3, -0.25) is 0 Å². The lowest BCUT2D eigenvalue weighted by atomic mass is 9.56. The van der Waals surface area contributed by atoms with Crippen LogP contribution in [0.2, 0.25) is 0 Å². The van der Waals surface area contributed by atoms with E-state index in [9.17, 15) is 0 Å². The molecule has 5 rings (SSSR count). The summed E-state index contributed by atoms with van der Waals surface area (Å²) in [5.41, 5.74) is 7.69. The molecule has 0 spiro atoms. The number of alkyl halides is 1. The number of fused-ring (bicyclic) bond motifs is 6. The van der Waals surface area contributed by atoms with Crippen molar-refractivity contribution in [3.05, 3.63) is 107 Å². The Kier molecular flexibility index (Phi) is 3.43. The van der Waals surface area contributed by atoms with Gasteiger partial charge in [0.05, 0.1) is 4.32 Å². The van der Waals surface area contributed by atoms with E-state index in [4.69, 9.17) is 0 Å². The SMILES string of the molecule is Br[C@]12Cc3ccccc3[C@](Cc3ccccc3)(Cc3ccccc31)C2. The lowest BCUT2D eigenvalue weighted by molar-refractivity contribution is 0.287. The van der Waals surface area contributed by atoms with E-state index in [0.29, 0.717) is 0 Å². The molecule has 3 aromatic carbocycles. The van der Waals surface area contributed by atoms with Gasteiger partial charge in [-0.2, -0.15) is 0 Å². The van der Waals surface area contributed by atoms with Crippen molar-refractivity contribution in [2.75, 3.05) is 0 Å². The summed E-state index contributed by atoms with van der Waals surface area (Å²) in [5.74, 6) is 0. The molecule has 0 N–H and O–H groups in total. The summed E-state index contributed by atoms with van der Waals surface area (Å²) in [7, 11) is 0. The van der Waals surface area contributed by atoms with Crippen molar-refractivity contribution in [3.8, 4) is 0 Å². The third-order valence-corrected chi connectivity index (χ3v) is 7.08. The summed E-state index contributed by atoms with van der Waals surface area (Å²) in [4.78, 5) is 0. The quantitative estimate of drug-likeness (QED) is 0.475. The molecule has 0 saturated heterocycles. The van der Waals surface area contributed by atoms with E-state index in [0.717, 1.165) is 19.3 Å². The predicted molar refractivity (Wildman–Crippen MR) is 107 cm³/mol. The highest BCUT2D eigenvalue weighted by Crippen LogP contribution is 2.57. The van der Waals surface area contributed by atoms with Gasteiger partial charge in [0, 0.05) is 5.41 Å². The molecule has 0 saturated carbocycles. The number of rotatable bonds is 2. The molecule has 0 radical (unpaired) electrons. The van der Waals surface area contributed by atoms with Gasteiger partial charge < -0.3 is 0 Å². The Balaban J connectivity index is 1.72. The highest BCUT2D eigenvalue weighted by molar-refractivity contribution is 9.09. The number of hydrogen-bond donors (Lipinski definition) is 0. The molecule has 0 aliphatic heterocycles. The van der Waals surface area contributed by atoms with Crippen LogP contribution < -0.4 is 0 Å². The fraction of sp³-hybridized carbons (Fsp3) is 0.250. The van der Waals surface area contributed by atoms with E-state index in [1.807, 2.05) is 0 Å². The third kappa shape index (κ3) is 2.40. The normalized spacial score (nSPS) is 26.6. The van der Waals surface area contributed by atoms with E-state index in [1.54, 1.807) is 5.56 Å². The van der Waals surface area contributed by atoms with Crippen molar-refractivity contribution in [2.24, 2.45) is 0 Å². The Bertz CT molecular complexity index is 930. The molecule has 0 heterocycles. The van der Waals surface area contributed by atoms with Gasteiger partial charge in [-0.15, -0.1) is 0 Å². The van der Waals surface area contributed by atoms with Crippen LogP contribution in [-0.2, 0) is 29.0 Å². The molecule has 2 atom stereocenters. The molecule has 2 aliphatic carbocycles. The summed E-state index contributed by atoms with van der Waals surface area (Å²) in [6.45, 7) is 0. The molecule has 0 nitrogen and oxygen atoms in total. The fourth-order valence-electron chi connectivity index (χ4n) is 5.22. The maximum Gasteiger partial charge on any atom is 0.0557 e. The fourth-order valence-corrected chi connectivity index (χ4v) is 6.44. The van der Waals surface area contributed by atoms with Crippen LogP contribution in [0.4, 0.5) is 0 Å². The number of halogens is 1. The highest BCUT2D eigenvalue weighted by Gasteiger charge is 2.51. The van der Waals surface area contributed by atoms with Crippen LogP contribution in [0.25, 0.3) is 0 Å². The minimum atomic E-state index is 0.0605. The van der Waals surface area contributed by atoms with Crippen LogP contribution in [0, 0.1) is 0 Å². The predicted octanol–water partition coefficient (Wildman–Crippen LogP) is 5.96. The molecule has 124 valence electrons. The van der Waals surface area contributed by atoms with E-state index < -0.39 is 0 Å². The van der Waals surface area contributed by atoms with Gasteiger partial charge in [0.1, 0.15) is 0 Å². The lowest BCUT2D eigenvalue weighted by Gasteiger charge is -2.52. The standard InChI is InChI=1S/C24H21Br/c25-24-16-20-11-4-6-12-21(20)23(17-24,14-18-8-2-1-3-9-18)15-19-10-5-7-13-22(19)24/h1-13H,14-17H2/t23-,24+/m1/s1. The monoisotopic (exact) mass is 388 g/mol. The Morgan fingerprint density at radius 1 is 0.680 bits per heavy atom. The Hall–Kier alpha value is -1.86. The third-order valence-electron chi connectivity index (χ3n) is 6.09. The molecule has 2 aliphatic rings. The van der Waals surface area contributed by atoms with Gasteiger partial charge in [-0.25, -0.2) is 0 Å². The maximum atomic E-state index is 4.20. The molecule has 3 aromatic rings. The first kappa shape index (κ1) is 15.4. The minimum Gasteiger partial charge on any atom is -0.0797 e. The Labute approximate surface area is 158 Å². The summed E-state index contributed by atoms with van der Waals surface area (Å²) in [6, 6.07) is 29.2. The molecule has 1 heteroatoms. The minimum absolute atomic E-state index is 0.0605. The van der Waals surface area contributed by atoms with E-state index in [2.05, 4.69) is 94.8 Å². The number of benzene rings is 3. The topological polar surface area (TPSA) is 0 Å². The van der Waals surface area contributed by atoms with Crippen molar-refractivity contribution in [1.82, 2.24) is 0 Å². The summed E-state index contributed by atoms with van der Waals surface area (Å²) in [6.07, 6.45) is 4.48. The first-order valence-electron chi connectivity index (χ1n) is 9.08. The molecule has 0 fully saturated rings. The summed E-state index contributed by atoms with van der Waals surface area (Å²) < 4.78 is 0.0605. The summed E-state index contributed by atoms with van der Waals surface area (Å²) >= 11 is 4.20. The highest BCUT2D eigenvalue weighted by atomic mass is 79.9. The van der Waals surface area contributed by atoms with Crippen LogP contribution in [0.3, 0.4) is 0 Å². The second-order valence-electron chi connectivity index (χ2n) is 7.75. The van der Waals surface area contributed by atoms with Crippen molar-refractivity contribution in [1.29, 1.82) is 0 Å². The smallest absolute Gasteiger partial charge is 0.0557 e. The van der Waals surface area contributed by atoms with Crippen LogP contribution in [0.1, 0.15) is 34.2 Å². The van der Waals surface area contributed by atoms with Gasteiger partial charge >= 0.3 is 0 Å². The average Bonchev–Trinajstić information content (AvgIpc) is 2.62. The molecule has 0 amide bonds.